The molecule has 4 heteroatoms. The van der Waals surface area contributed by atoms with Crippen molar-refractivity contribution in [1.29, 1.82) is 0 Å². The molecule has 0 saturated carbocycles. The van der Waals surface area contributed by atoms with Gasteiger partial charge in [0.1, 0.15) is 11.3 Å². The fourth-order valence-corrected chi connectivity index (χ4v) is 3.12. The molecule has 4 aromatic rings. The van der Waals surface area contributed by atoms with Gasteiger partial charge in [-0.25, -0.2) is 4.98 Å². The number of oxazole rings is 1. The van der Waals surface area contributed by atoms with Crippen molar-refractivity contribution in [2.45, 2.75) is 20.8 Å². The number of hydrogen-bond donors (Lipinski definition) is 1. The van der Waals surface area contributed by atoms with Gasteiger partial charge in [0.05, 0.1) is 5.69 Å². The molecule has 0 unspecified atom stereocenters. The summed E-state index contributed by atoms with van der Waals surface area (Å²) in [4.78, 5) is 9.20. The van der Waals surface area contributed by atoms with E-state index in [1.54, 1.807) is 18.3 Å². The van der Waals surface area contributed by atoms with Crippen LogP contribution in [0.5, 0.6) is 5.75 Å². The lowest BCUT2D eigenvalue weighted by Crippen LogP contribution is -1.84. The Morgan fingerprint density at radius 2 is 1.78 bits per heavy atom. The summed E-state index contributed by atoms with van der Waals surface area (Å²) < 4.78 is 6.01. The van der Waals surface area contributed by atoms with Crippen molar-refractivity contribution >= 4 is 23.0 Å². The number of benzene rings is 3. The van der Waals surface area contributed by atoms with Crippen LogP contribution >= 0.6 is 0 Å². The molecule has 1 heterocycles. The van der Waals surface area contributed by atoms with Gasteiger partial charge >= 0.3 is 0 Å². The molecule has 4 nitrogen and oxygen atoms in total. The summed E-state index contributed by atoms with van der Waals surface area (Å²) in [5.41, 5.74) is 7.32. The van der Waals surface area contributed by atoms with Gasteiger partial charge in [-0.2, -0.15) is 0 Å². The minimum absolute atomic E-state index is 0.208. The van der Waals surface area contributed by atoms with Crippen LogP contribution in [0.25, 0.3) is 22.6 Å². The molecule has 0 radical (unpaired) electrons. The van der Waals surface area contributed by atoms with Crippen molar-refractivity contribution < 1.29 is 9.52 Å². The third kappa shape index (κ3) is 3.34. The Hall–Kier alpha value is -3.40. The van der Waals surface area contributed by atoms with Crippen molar-refractivity contribution in [3.8, 4) is 17.2 Å². The van der Waals surface area contributed by atoms with Gasteiger partial charge in [-0.3, -0.25) is 4.99 Å². The summed E-state index contributed by atoms with van der Waals surface area (Å²) in [7, 11) is 0. The predicted molar refractivity (Wildman–Crippen MR) is 109 cm³/mol. The van der Waals surface area contributed by atoms with Crippen molar-refractivity contribution in [3.05, 3.63) is 76.9 Å². The van der Waals surface area contributed by atoms with Gasteiger partial charge < -0.3 is 9.52 Å². The maximum Gasteiger partial charge on any atom is 0.227 e. The van der Waals surface area contributed by atoms with Crippen molar-refractivity contribution in [2.24, 2.45) is 4.99 Å². The first-order valence-electron chi connectivity index (χ1n) is 8.82. The third-order valence-corrected chi connectivity index (χ3v) is 4.56. The maximum absolute atomic E-state index is 9.90. The number of rotatable bonds is 3. The van der Waals surface area contributed by atoms with E-state index in [0.29, 0.717) is 11.5 Å². The summed E-state index contributed by atoms with van der Waals surface area (Å²) in [6.07, 6.45) is 1.67. The fraction of sp³-hybridized carbons (Fsp3) is 0.130. The SMILES string of the molecule is Cc1cc(C)c2oc(-c3ccc(C)c(N=Cc4ccccc4O)c3)nc2c1. The molecule has 3 aromatic carbocycles. The van der Waals surface area contributed by atoms with Gasteiger partial charge in [0, 0.05) is 17.3 Å². The van der Waals surface area contributed by atoms with E-state index in [9.17, 15) is 5.11 Å². The lowest BCUT2D eigenvalue weighted by atomic mass is 10.1. The van der Waals surface area contributed by atoms with E-state index >= 15 is 0 Å². The van der Waals surface area contributed by atoms with Gasteiger partial charge in [-0.05, 0) is 67.8 Å². The Kier molecular flexibility index (Phi) is 4.24. The molecule has 134 valence electrons. The molecule has 0 bridgehead atoms. The molecule has 0 aliphatic heterocycles. The number of nitrogens with zero attached hydrogens (tertiary/aromatic N) is 2. The Morgan fingerprint density at radius 1 is 0.963 bits per heavy atom. The molecule has 0 spiro atoms. The maximum atomic E-state index is 9.90. The predicted octanol–water partition coefficient (Wildman–Crippen LogP) is 5.88. The van der Waals surface area contributed by atoms with E-state index in [2.05, 4.69) is 23.0 Å². The first-order valence-corrected chi connectivity index (χ1v) is 8.82. The molecule has 0 amide bonds. The monoisotopic (exact) mass is 356 g/mol. The highest BCUT2D eigenvalue weighted by Crippen LogP contribution is 2.31. The zero-order valence-electron chi connectivity index (χ0n) is 15.5. The van der Waals surface area contributed by atoms with E-state index in [1.165, 1.54) is 0 Å². The van der Waals surface area contributed by atoms with Crippen LogP contribution in [0.1, 0.15) is 22.3 Å². The number of fused-ring (bicyclic) bond motifs is 1. The number of aliphatic imine (C=N–C) groups is 1. The van der Waals surface area contributed by atoms with Crippen LogP contribution < -0.4 is 0 Å². The van der Waals surface area contributed by atoms with Gasteiger partial charge in [-0.1, -0.05) is 24.3 Å². The third-order valence-electron chi connectivity index (χ3n) is 4.56. The van der Waals surface area contributed by atoms with E-state index < -0.39 is 0 Å². The first kappa shape index (κ1) is 17.0. The van der Waals surface area contributed by atoms with Crippen LogP contribution in [-0.2, 0) is 0 Å². The van der Waals surface area contributed by atoms with Crippen molar-refractivity contribution in [3.63, 3.8) is 0 Å². The Labute approximate surface area is 157 Å². The Bertz CT molecular complexity index is 1170. The van der Waals surface area contributed by atoms with E-state index in [0.717, 1.165) is 39.0 Å². The highest BCUT2D eigenvalue weighted by molar-refractivity contribution is 5.86. The van der Waals surface area contributed by atoms with Gasteiger partial charge in [0.15, 0.2) is 5.58 Å². The lowest BCUT2D eigenvalue weighted by molar-refractivity contribution is 0.474. The smallest absolute Gasteiger partial charge is 0.227 e. The normalized spacial score (nSPS) is 11.5. The van der Waals surface area contributed by atoms with Gasteiger partial charge in [-0.15, -0.1) is 0 Å². The average molecular weight is 356 g/mol. The van der Waals surface area contributed by atoms with E-state index in [-0.39, 0.29) is 5.75 Å². The largest absolute Gasteiger partial charge is 0.507 e. The molecule has 0 atom stereocenters. The molecule has 0 aliphatic carbocycles. The Morgan fingerprint density at radius 3 is 2.59 bits per heavy atom. The standard InChI is InChI=1S/C23H20N2O2/c1-14-10-16(3)22-20(11-14)25-23(27-22)17-9-8-15(2)19(12-17)24-13-18-6-4-5-7-21(18)26/h4-13,26H,1-3H3. The highest BCUT2D eigenvalue weighted by atomic mass is 16.3. The van der Waals surface area contributed by atoms with E-state index in [1.807, 2.05) is 50.2 Å². The molecule has 0 aliphatic rings. The number of aryl methyl sites for hydroxylation is 3. The minimum Gasteiger partial charge on any atom is -0.507 e. The number of aromatic nitrogens is 1. The second kappa shape index (κ2) is 6.72. The highest BCUT2D eigenvalue weighted by Gasteiger charge is 2.12. The minimum atomic E-state index is 0.208. The lowest BCUT2D eigenvalue weighted by Gasteiger charge is -2.03. The molecule has 0 saturated heterocycles. The molecule has 1 aromatic heterocycles. The average Bonchev–Trinajstić information content (AvgIpc) is 3.06. The van der Waals surface area contributed by atoms with Crippen LogP contribution in [0.3, 0.4) is 0 Å². The number of phenolic OH excluding ortho intramolecular Hbond substituents is 1. The van der Waals surface area contributed by atoms with Crippen LogP contribution in [0.4, 0.5) is 5.69 Å². The summed E-state index contributed by atoms with van der Waals surface area (Å²) in [6, 6.07) is 17.2. The van der Waals surface area contributed by atoms with Crippen LogP contribution in [-0.4, -0.2) is 16.3 Å². The van der Waals surface area contributed by atoms with Crippen LogP contribution in [0.2, 0.25) is 0 Å². The van der Waals surface area contributed by atoms with Crippen LogP contribution in [0, 0.1) is 20.8 Å². The molecule has 27 heavy (non-hydrogen) atoms. The Balaban J connectivity index is 1.74. The van der Waals surface area contributed by atoms with Crippen molar-refractivity contribution in [1.82, 2.24) is 4.98 Å². The molecule has 1 N–H and O–H groups in total. The molecular formula is C23H20N2O2. The quantitative estimate of drug-likeness (QED) is 0.467. The molecule has 0 fully saturated rings. The number of hydrogen-bond acceptors (Lipinski definition) is 4. The zero-order valence-corrected chi connectivity index (χ0v) is 15.5. The van der Waals surface area contributed by atoms with E-state index in [4.69, 9.17) is 4.42 Å². The first-order chi connectivity index (χ1) is 13.0. The zero-order chi connectivity index (χ0) is 19.0. The summed E-state index contributed by atoms with van der Waals surface area (Å²) in [5, 5.41) is 9.90. The second-order valence-electron chi connectivity index (χ2n) is 6.77. The molecule has 4 rings (SSSR count). The number of para-hydroxylation sites is 1. The van der Waals surface area contributed by atoms with Gasteiger partial charge in [0.2, 0.25) is 5.89 Å². The molecular weight excluding hydrogens is 336 g/mol. The van der Waals surface area contributed by atoms with Crippen molar-refractivity contribution in [2.75, 3.05) is 0 Å². The second-order valence-corrected chi connectivity index (χ2v) is 6.77. The van der Waals surface area contributed by atoms with Gasteiger partial charge in [0.25, 0.3) is 0 Å². The number of aromatic hydroxyl groups is 1. The number of phenols is 1. The summed E-state index contributed by atoms with van der Waals surface area (Å²) in [6.45, 7) is 6.08. The fourth-order valence-electron chi connectivity index (χ4n) is 3.12. The summed E-state index contributed by atoms with van der Waals surface area (Å²) >= 11 is 0. The van der Waals surface area contributed by atoms with Crippen LogP contribution in [0.15, 0.2) is 64.0 Å². The summed E-state index contributed by atoms with van der Waals surface area (Å²) in [5.74, 6) is 0.789. The topological polar surface area (TPSA) is 58.6 Å².